The number of hydrogen-bond acceptors (Lipinski definition) is 4. The lowest BCUT2D eigenvalue weighted by Gasteiger charge is -2.35. The first kappa shape index (κ1) is 15.9. The van der Waals surface area contributed by atoms with Crippen LogP contribution in [0.3, 0.4) is 0 Å². The fourth-order valence-corrected chi connectivity index (χ4v) is 5.92. The first-order valence-electron chi connectivity index (χ1n) is 6.31. The number of sulfonamides is 1. The van der Waals surface area contributed by atoms with Crippen LogP contribution in [0.15, 0.2) is 20.1 Å². The van der Waals surface area contributed by atoms with Crippen LogP contribution in [0.4, 0.5) is 0 Å². The first-order valence-corrected chi connectivity index (χ1v) is 9.36. The molecule has 1 amide bonds. The SMILES string of the molecule is CC(=O)N(C)C1CCN(S(=O)(=O)c2ccc(Br)s2)CC1. The minimum Gasteiger partial charge on any atom is -0.343 e. The summed E-state index contributed by atoms with van der Waals surface area (Å²) in [4.78, 5) is 13.0. The molecule has 1 aliphatic heterocycles. The van der Waals surface area contributed by atoms with E-state index in [2.05, 4.69) is 15.9 Å². The molecule has 0 N–H and O–H groups in total. The Kier molecular flexibility index (Phi) is 4.88. The third-order valence-electron chi connectivity index (χ3n) is 3.61. The highest BCUT2D eigenvalue weighted by Crippen LogP contribution is 2.30. The van der Waals surface area contributed by atoms with Gasteiger partial charge < -0.3 is 4.90 Å². The van der Waals surface area contributed by atoms with E-state index in [1.807, 2.05) is 0 Å². The maximum Gasteiger partial charge on any atom is 0.252 e. The quantitative estimate of drug-likeness (QED) is 0.806. The Hall–Kier alpha value is -0.440. The smallest absolute Gasteiger partial charge is 0.252 e. The third kappa shape index (κ3) is 3.24. The van der Waals surface area contributed by atoms with E-state index in [4.69, 9.17) is 0 Å². The van der Waals surface area contributed by atoms with Crippen molar-refractivity contribution in [3.05, 3.63) is 15.9 Å². The van der Waals surface area contributed by atoms with Crippen LogP contribution in [-0.2, 0) is 14.8 Å². The van der Waals surface area contributed by atoms with Gasteiger partial charge in [0, 0.05) is 33.1 Å². The van der Waals surface area contributed by atoms with Crippen molar-refractivity contribution in [1.29, 1.82) is 0 Å². The molecular weight excluding hydrogens is 364 g/mol. The first-order chi connectivity index (χ1) is 9.32. The van der Waals surface area contributed by atoms with Gasteiger partial charge in [0.25, 0.3) is 10.0 Å². The summed E-state index contributed by atoms with van der Waals surface area (Å²) < 4.78 is 27.6. The summed E-state index contributed by atoms with van der Waals surface area (Å²) in [6.07, 6.45) is 1.36. The molecular formula is C12H17BrN2O3S2. The van der Waals surface area contributed by atoms with E-state index in [1.54, 1.807) is 24.1 Å². The molecule has 2 rings (SSSR count). The summed E-state index contributed by atoms with van der Waals surface area (Å²) in [6, 6.07) is 3.50. The standard InChI is InChI=1S/C12H17BrN2O3S2/c1-9(16)14(2)10-5-7-15(8-6-10)20(17,18)12-4-3-11(13)19-12/h3-4,10H,5-8H2,1-2H3. The number of carbonyl (C=O) groups is 1. The number of nitrogens with zero attached hydrogens (tertiary/aromatic N) is 2. The lowest BCUT2D eigenvalue weighted by molar-refractivity contribution is -0.130. The predicted octanol–water partition coefficient (Wildman–Crippen LogP) is 2.14. The zero-order valence-corrected chi connectivity index (χ0v) is 14.6. The van der Waals surface area contributed by atoms with Crippen LogP contribution in [-0.4, -0.2) is 49.7 Å². The maximum absolute atomic E-state index is 12.4. The number of piperidine rings is 1. The second-order valence-electron chi connectivity index (χ2n) is 4.82. The molecule has 20 heavy (non-hydrogen) atoms. The molecule has 1 aliphatic rings. The van der Waals surface area contributed by atoms with E-state index in [0.29, 0.717) is 30.1 Å². The minimum absolute atomic E-state index is 0.0218. The number of rotatable bonds is 3. The molecule has 0 bridgehead atoms. The van der Waals surface area contributed by atoms with Crippen molar-refractivity contribution in [2.45, 2.75) is 30.0 Å². The highest BCUT2D eigenvalue weighted by Gasteiger charge is 2.32. The summed E-state index contributed by atoms with van der Waals surface area (Å²) in [6.45, 7) is 2.45. The normalized spacial score (nSPS) is 18.1. The van der Waals surface area contributed by atoms with Crippen LogP contribution in [0.1, 0.15) is 19.8 Å². The predicted molar refractivity (Wildman–Crippen MR) is 82.2 cm³/mol. The molecule has 0 aliphatic carbocycles. The number of amides is 1. The van der Waals surface area contributed by atoms with E-state index < -0.39 is 10.0 Å². The lowest BCUT2D eigenvalue weighted by Crippen LogP contribution is -2.46. The highest BCUT2D eigenvalue weighted by atomic mass is 79.9. The van der Waals surface area contributed by atoms with Gasteiger partial charge in [0.1, 0.15) is 4.21 Å². The van der Waals surface area contributed by atoms with Crippen LogP contribution >= 0.6 is 27.3 Å². The molecule has 0 radical (unpaired) electrons. The molecule has 0 aromatic carbocycles. The van der Waals surface area contributed by atoms with Crippen LogP contribution in [0.2, 0.25) is 0 Å². The van der Waals surface area contributed by atoms with E-state index in [0.717, 1.165) is 3.79 Å². The average Bonchev–Trinajstić information content (AvgIpc) is 2.85. The number of hydrogen-bond donors (Lipinski definition) is 0. The molecule has 0 spiro atoms. The average molecular weight is 381 g/mol. The Balaban J connectivity index is 2.05. The Morgan fingerprint density at radius 1 is 1.40 bits per heavy atom. The topological polar surface area (TPSA) is 57.7 Å². The maximum atomic E-state index is 12.4. The summed E-state index contributed by atoms with van der Waals surface area (Å²) in [5, 5.41) is 0. The van der Waals surface area contributed by atoms with E-state index in [1.165, 1.54) is 22.6 Å². The third-order valence-corrected chi connectivity index (χ3v) is 7.60. The summed E-state index contributed by atoms with van der Waals surface area (Å²) in [7, 11) is -1.62. The van der Waals surface area contributed by atoms with Crippen molar-refractivity contribution in [2.75, 3.05) is 20.1 Å². The Morgan fingerprint density at radius 3 is 2.45 bits per heavy atom. The molecule has 0 saturated carbocycles. The van der Waals surface area contributed by atoms with Gasteiger partial charge >= 0.3 is 0 Å². The van der Waals surface area contributed by atoms with Gasteiger partial charge in [-0.2, -0.15) is 4.31 Å². The fourth-order valence-electron chi connectivity index (χ4n) is 2.29. The van der Waals surface area contributed by atoms with Gasteiger partial charge in [0.15, 0.2) is 0 Å². The van der Waals surface area contributed by atoms with Crippen molar-refractivity contribution in [3.8, 4) is 0 Å². The Morgan fingerprint density at radius 2 is 2.00 bits per heavy atom. The Bertz CT molecular complexity index is 592. The van der Waals surface area contributed by atoms with Crippen LogP contribution in [0, 0.1) is 0 Å². The lowest BCUT2D eigenvalue weighted by atomic mass is 10.1. The molecule has 112 valence electrons. The van der Waals surface area contributed by atoms with Crippen molar-refractivity contribution < 1.29 is 13.2 Å². The molecule has 2 heterocycles. The number of thiophene rings is 1. The molecule has 5 nitrogen and oxygen atoms in total. The molecule has 0 unspecified atom stereocenters. The fraction of sp³-hybridized carbons (Fsp3) is 0.583. The van der Waals surface area contributed by atoms with Crippen LogP contribution in [0.25, 0.3) is 0 Å². The van der Waals surface area contributed by atoms with Gasteiger partial charge in [-0.15, -0.1) is 11.3 Å². The van der Waals surface area contributed by atoms with E-state index >= 15 is 0 Å². The van der Waals surface area contributed by atoms with Gasteiger partial charge in [-0.1, -0.05) is 0 Å². The molecule has 8 heteroatoms. The van der Waals surface area contributed by atoms with Gasteiger partial charge in [0.05, 0.1) is 3.79 Å². The monoisotopic (exact) mass is 380 g/mol. The molecule has 1 saturated heterocycles. The number of halogens is 1. The van der Waals surface area contributed by atoms with E-state index in [9.17, 15) is 13.2 Å². The molecule has 1 aromatic rings. The summed E-state index contributed by atoms with van der Waals surface area (Å²) in [5.74, 6) is 0.0218. The highest BCUT2D eigenvalue weighted by molar-refractivity contribution is 9.11. The molecule has 1 fully saturated rings. The van der Waals surface area contributed by atoms with Crippen molar-refractivity contribution in [3.63, 3.8) is 0 Å². The van der Waals surface area contributed by atoms with E-state index in [-0.39, 0.29) is 11.9 Å². The van der Waals surface area contributed by atoms with Crippen molar-refractivity contribution >= 4 is 43.2 Å². The van der Waals surface area contributed by atoms with Gasteiger partial charge in [-0.3, -0.25) is 4.79 Å². The van der Waals surface area contributed by atoms with Crippen LogP contribution < -0.4 is 0 Å². The summed E-state index contributed by atoms with van der Waals surface area (Å²) in [5.41, 5.74) is 0. The zero-order valence-electron chi connectivity index (χ0n) is 11.4. The van der Waals surface area contributed by atoms with Crippen molar-refractivity contribution in [1.82, 2.24) is 9.21 Å². The van der Waals surface area contributed by atoms with Crippen molar-refractivity contribution in [2.24, 2.45) is 0 Å². The Labute approximate surface area is 131 Å². The van der Waals surface area contributed by atoms with Crippen LogP contribution in [0.5, 0.6) is 0 Å². The molecule has 0 atom stereocenters. The largest absolute Gasteiger partial charge is 0.343 e. The second-order valence-corrected chi connectivity index (χ2v) is 9.45. The van der Waals surface area contributed by atoms with Gasteiger partial charge in [-0.25, -0.2) is 8.42 Å². The minimum atomic E-state index is -3.39. The van der Waals surface area contributed by atoms with Gasteiger partial charge in [0.2, 0.25) is 5.91 Å². The number of carbonyl (C=O) groups excluding carboxylic acids is 1. The molecule has 1 aromatic heterocycles. The zero-order chi connectivity index (χ0) is 14.9. The second kappa shape index (κ2) is 6.13. The van der Waals surface area contributed by atoms with Gasteiger partial charge in [-0.05, 0) is 40.9 Å². The summed E-state index contributed by atoms with van der Waals surface area (Å²) >= 11 is 4.51.